The zero-order valence-electron chi connectivity index (χ0n) is 15.7. The van der Waals surface area contributed by atoms with Crippen LogP contribution in [0.2, 0.25) is 0 Å². The summed E-state index contributed by atoms with van der Waals surface area (Å²) in [6, 6.07) is 6.31. The molecular formula is C20H18O11. The highest BCUT2D eigenvalue weighted by Crippen LogP contribution is 2.41. The van der Waals surface area contributed by atoms with Gasteiger partial charge in [0.25, 0.3) is 0 Å². The van der Waals surface area contributed by atoms with Crippen LogP contribution in [0.15, 0.2) is 39.5 Å². The highest BCUT2D eigenvalue weighted by Gasteiger charge is 2.39. The maximum atomic E-state index is 12.5. The van der Waals surface area contributed by atoms with E-state index in [1.165, 1.54) is 24.3 Å². The molecule has 2 heterocycles. The van der Waals surface area contributed by atoms with Crippen molar-refractivity contribution in [2.24, 2.45) is 0 Å². The van der Waals surface area contributed by atoms with Gasteiger partial charge in [-0.15, -0.1) is 0 Å². The van der Waals surface area contributed by atoms with Gasteiger partial charge in [0.05, 0.1) is 6.61 Å². The summed E-state index contributed by atoms with van der Waals surface area (Å²) in [5.74, 6) is -3.15. The Morgan fingerprint density at radius 1 is 0.903 bits per heavy atom. The molecule has 0 amide bonds. The number of ether oxygens (including phenoxy) is 2. The lowest BCUT2D eigenvalue weighted by atomic mass is 10.1. The lowest BCUT2D eigenvalue weighted by Gasteiger charge is -2.34. The van der Waals surface area contributed by atoms with E-state index in [9.17, 15) is 40.5 Å². The van der Waals surface area contributed by atoms with Gasteiger partial charge in [-0.2, -0.15) is 0 Å². The quantitative estimate of drug-likeness (QED) is 0.219. The maximum Gasteiger partial charge on any atom is 0.238 e. The largest absolute Gasteiger partial charge is 0.507 e. The summed E-state index contributed by atoms with van der Waals surface area (Å²) in [5.41, 5.74) is -1.34. The summed E-state index contributed by atoms with van der Waals surface area (Å²) in [7, 11) is 0. The van der Waals surface area contributed by atoms with Crippen molar-refractivity contribution in [3.63, 3.8) is 0 Å². The second-order valence-electron chi connectivity index (χ2n) is 6.97. The number of hydrogen-bond acceptors (Lipinski definition) is 11. The van der Waals surface area contributed by atoms with Gasteiger partial charge >= 0.3 is 0 Å². The highest BCUT2D eigenvalue weighted by atomic mass is 16.7. The Morgan fingerprint density at radius 2 is 1.58 bits per heavy atom. The summed E-state index contributed by atoms with van der Waals surface area (Å²) >= 11 is 0. The number of phenolic OH excluding ortho intramolecular Hbond substituents is 3. The van der Waals surface area contributed by atoms with E-state index in [0.717, 1.165) is 6.07 Å². The van der Waals surface area contributed by atoms with Crippen molar-refractivity contribution in [3.8, 4) is 40.1 Å². The molecule has 0 spiro atoms. The molecule has 0 bridgehead atoms. The van der Waals surface area contributed by atoms with E-state index < -0.39 is 64.0 Å². The zero-order valence-corrected chi connectivity index (χ0v) is 15.7. The molecule has 0 saturated carbocycles. The van der Waals surface area contributed by atoms with Crippen molar-refractivity contribution >= 4 is 11.0 Å². The van der Waals surface area contributed by atoms with Gasteiger partial charge in [-0.05, 0) is 24.3 Å². The van der Waals surface area contributed by atoms with Crippen molar-refractivity contribution in [2.45, 2.75) is 24.6 Å². The molecule has 7 N–H and O–H groups in total. The van der Waals surface area contributed by atoms with E-state index >= 15 is 0 Å². The number of fused-ring (bicyclic) bond motifs is 1. The third-order valence-corrected chi connectivity index (χ3v) is 4.90. The number of rotatable bonds is 3. The molecule has 1 aliphatic rings. The fraction of sp³-hybridized carbons (Fsp3) is 0.250. The minimum absolute atomic E-state index is 0.187. The lowest BCUT2D eigenvalue weighted by molar-refractivity contribution is -0.242. The normalized spacial score (nSPS) is 23.7. The van der Waals surface area contributed by atoms with E-state index in [2.05, 4.69) is 0 Å². The van der Waals surface area contributed by atoms with Crippen LogP contribution in [0.25, 0.3) is 22.3 Å². The molecule has 11 heteroatoms. The average molecular weight is 434 g/mol. The van der Waals surface area contributed by atoms with Crippen LogP contribution < -0.4 is 10.2 Å². The molecule has 1 aliphatic heterocycles. The third-order valence-electron chi connectivity index (χ3n) is 4.90. The van der Waals surface area contributed by atoms with Crippen LogP contribution in [-0.2, 0) is 4.74 Å². The first-order valence-electron chi connectivity index (χ1n) is 9.05. The molecule has 4 unspecified atom stereocenters. The van der Waals surface area contributed by atoms with Gasteiger partial charge in [0.2, 0.25) is 23.2 Å². The molecule has 0 radical (unpaired) electrons. The van der Waals surface area contributed by atoms with Crippen molar-refractivity contribution in [1.29, 1.82) is 0 Å². The van der Waals surface area contributed by atoms with Gasteiger partial charge in [0.1, 0.15) is 35.2 Å². The van der Waals surface area contributed by atoms with Crippen LogP contribution in [-0.4, -0.2) is 67.0 Å². The molecule has 1 fully saturated rings. The number of benzene rings is 2. The molecule has 0 aliphatic carbocycles. The zero-order chi connectivity index (χ0) is 22.4. The van der Waals surface area contributed by atoms with E-state index in [4.69, 9.17) is 13.9 Å². The monoisotopic (exact) mass is 434 g/mol. The van der Waals surface area contributed by atoms with Crippen molar-refractivity contribution < 1.29 is 49.6 Å². The molecule has 3 aromatic rings. The third kappa shape index (κ3) is 3.49. The molecule has 4 atom stereocenters. The van der Waals surface area contributed by atoms with Crippen LogP contribution in [0.5, 0.6) is 28.7 Å². The predicted molar refractivity (Wildman–Crippen MR) is 103 cm³/mol. The molecule has 31 heavy (non-hydrogen) atoms. The van der Waals surface area contributed by atoms with Crippen molar-refractivity contribution in [2.75, 3.05) is 6.61 Å². The van der Waals surface area contributed by atoms with Gasteiger partial charge in [-0.1, -0.05) is 0 Å². The Kier molecular flexibility index (Phi) is 5.11. The van der Waals surface area contributed by atoms with Crippen LogP contribution in [0.4, 0.5) is 0 Å². The molecule has 1 aromatic heterocycles. The Morgan fingerprint density at radius 3 is 2.26 bits per heavy atom. The minimum Gasteiger partial charge on any atom is -0.507 e. The van der Waals surface area contributed by atoms with Gasteiger partial charge in [-0.25, -0.2) is 0 Å². The number of phenols is 3. The van der Waals surface area contributed by atoms with Gasteiger partial charge in [0.15, 0.2) is 17.1 Å². The first-order chi connectivity index (χ1) is 14.7. The second-order valence-corrected chi connectivity index (χ2v) is 6.97. The van der Waals surface area contributed by atoms with Crippen LogP contribution >= 0.6 is 0 Å². The minimum atomic E-state index is -1.49. The number of aliphatic hydroxyl groups is 3. The smallest absolute Gasteiger partial charge is 0.238 e. The Bertz CT molecular complexity index is 1180. The molecule has 4 rings (SSSR count). The molecule has 1 saturated heterocycles. The standard InChI is InChI=1S/C20H18O11/c21-9-5-10(22)14(25)19-12(9)15(26)16(27)18(31-19)7-1-3-8(4-2-7)30-20-17(28)13(24)11(23)6-29-20/h1-5,11,13,17,20-25,27-28H,6H2. The van der Waals surface area contributed by atoms with E-state index in [1.54, 1.807) is 0 Å². The summed E-state index contributed by atoms with van der Waals surface area (Å²) in [6.45, 7) is -0.236. The van der Waals surface area contributed by atoms with E-state index in [1.807, 2.05) is 0 Å². The Labute approximate surface area is 173 Å². The van der Waals surface area contributed by atoms with Gasteiger partial charge in [0, 0.05) is 11.6 Å². The topological polar surface area (TPSA) is 190 Å². The first-order valence-corrected chi connectivity index (χ1v) is 9.05. The Hall–Kier alpha value is -3.51. The summed E-state index contributed by atoms with van der Waals surface area (Å²) in [6.07, 6.45) is -5.41. The van der Waals surface area contributed by atoms with Crippen molar-refractivity contribution in [3.05, 3.63) is 40.6 Å². The van der Waals surface area contributed by atoms with Crippen LogP contribution in [0.3, 0.4) is 0 Å². The number of aliphatic hydroxyl groups excluding tert-OH is 3. The fourth-order valence-electron chi connectivity index (χ4n) is 3.21. The number of hydrogen-bond donors (Lipinski definition) is 7. The van der Waals surface area contributed by atoms with E-state index in [0.29, 0.717) is 0 Å². The van der Waals surface area contributed by atoms with Gasteiger partial charge in [-0.3, -0.25) is 4.79 Å². The second kappa shape index (κ2) is 7.63. The summed E-state index contributed by atoms with van der Waals surface area (Å²) < 4.78 is 16.0. The molecule has 164 valence electrons. The molecular weight excluding hydrogens is 416 g/mol. The summed E-state index contributed by atoms with van der Waals surface area (Å²) in [4.78, 5) is 12.5. The van der Waals surface area contributed by atoms with E-state index in [-0.39, 0.29) is 23.7 Å². The van der Waals surface area contributed by atoms with Crippen molar-refractivity contribution in [1.82, 2.24) is 0 Å². The molecule has 2 aromatic carbocycles. The SMILES string of the molecule is O=c1c(O)c(-c2ccc(OC3OCC(O)C(O)C3O)cc2)oc2c(O)c(O)cc(O)c12. The Balaban J connectivity index is 1.67. The highest BCUT2D eigenvalue weighted by molar-refractivity contribution is 5.92. The first kappa shape index (κ1) is 20.8. The van der Waals surface area contributed by atoms with Gasteiger partial charge < -0.3 is 49.6 Å². The predicted octanol–water partition coefficient (Wildman–Crippen LogP) is 0.100. The van der Waals surface area contributed by atoms with Crippen LogP contribution in [0, 0.1) is 0 Å². The molecule has 11 nitrogen and oxygen atoms in total. The van der Waals surface area contributed by atoms with Crippen LogP contribution in [0.1, 0.15) is 0 Å². The number of aromatic hydroxyl groups is 4. The maximum absolute atomic E-state index is 12.5. The summed E-state index contributed by atoms with van der Waals surface area (Å²) in [5, 5.41) is 68.4. The lowest BCUT2D eigenvalue weighted by Crippen LogP contribution is -2.54. The average Bonchev–Trinajstić information content (AvgIpc) is 2.75. The fourth-order valence-corrected chi connectivity index (χ4v) is 3.21.